The maximum atomic E-state index is 10.8. The SMILES string of the molecule is CCC/C=C/CCC[N+](CCO)(CCC(=O)[O-])CCC(=O)O.CCC/C=C/CCC[N+](CCO)(CCC(=O)[O-])CCC(=O)O.[Ca+2]. The van der Waals surface area contributed by atoms with E-state index in [1.54, 1.807) is 0 Å². The van der Waals surface area contributed by atoms with E-state index in [0.29, 0.717) is 61.3 Å². The fourth-order valence-corrected chi connectivity index (χ4v) is 4.98. The molecular weight excluding hydrogens is 612 g/mol. The van der Waals surface area contributed by atoms with E-state index in [-0.39, 0.29) is 76.6 Å². The molecule has 0 amide bonds. The van der Waals surface area contributed by atoms with Crippen LogP contribution in [0.1, 0.15) is 90.9 Å². The number of carbonyl (C=O) groups is 4. The zero-order valence-electron chi connectivity index (χ0n) is 27.7. The molecule has 0 aliphatic carbocycles. The molecule has 12 nitrogen and oxygen atoms in total. The molecule has 4 N–H and O–H groups in total. The molecule has 13 heteroatoms. The van der Waals surface area contributed by atoms with Crippen LogP contribution in [0.15, 0.2) is 24.3 Å². The van der Waals surface area contributed by atoms with Crippen LogP contribution in [0.3, 0.4) is 0 Å². The van der Waals surface area contributed by atoms with Crippen LogP contribution in [-0.4, -0.2) is 157 Å². The Morgan fingerprint density at radius 3 is 1.11 bits per heavy atom. The number of nitrogens with zero attached hydrogens (tertiary/aromatic N) is 2. The first-order chi connectivity index (χ1) is 20.9. The Kier molecular flexibility index (Phi) is 33.1. The first kappa shape index (κ1) is 47.9. The molecule has 0 aromatic heterocycles. The third kappa shape index (κ3) is 29.6. The third-order valence-corrected chi connectivity index (χ3v) is 7.58. The van der Waals surface area contributed by atoms with Gasteiger partial charge >= 0.3 is 49.7 Å². The summed E-state index contributed by atoms with van der Waals surface area (Å²) in [4.78, 5) is 43.1. The van der Waals surface area contributed by atoms with Crippen molar-refractivity contribution in [3.8, 4) is 0 Å². The normalized spacial score (nSPS) is 13.8. The number of aliphatic hydroxyl groups excluding tert-OH is 2. The van der Waals surface area contributed by atoms with Crippen LogP contribution in [-0.2, 0) is 19.2 Å². The Balaban J connectivity index is -0.000000767. The number of carbonyl (C=O) groups excluding carboxylic acids is 2. The van der Waals surface area contributed by atoms with E-state index in [0.717, 1.165) is 51.4 Å². The van der Waals surface area contributed by atoms with Crippen molar-refractivity contribution in [1.29, 1.82) is 0 Å². The number of allylic oxidation sites excluding steroid dienone is 4. The Bertz CT molecular complexity index is 748. The Labute approximate surface area is 299 Å². The van der Waals surface area contributed by atoms with Crippen LogP contribution in [0, 0.1) is 0 Å². The molecule has 2 unspecified atom stereocenters. The quantitative estimate of drug-likeness (QED) is 0.0399. The second-order valence-electron chi connectivity index (χ2n) is 11.3. The smallest absolute Gasteiger partial charge is 0.550 e. The zero-order chi connectivity index (χ0) is 33.7. The Morgan fingerprint density at radius 2 is 0.844 bits per heavy atom. The van der Waals surface area contributed by atoms with Gasteiger partial charge in [0.1, 0.15) is 13.1 Å². The predicted octanol–water partition coefficient (Wildman–Crippen LogP) is 0.713. The van der Waals surface area contributed by atoms with Crippen LogP contribution < -0.4 is 10.2 Å². The fraction of sp³-hybridized carbons (Fsp3) is 0.750. The monoisotopic (exact) mass is 670 g/mol. The van der Waals surface area contributed by atoms with Gasteiger partial charge in [-0.1, -0.05) is 51.0 Å². The van der Waals surface area contributed by atoms with Gasteiger partial charge in [-0.15, -0.1) is 0 Å². The van der Waals surface area contributed by atoms with Crippen LogP contribution >= 0.6 is 0 Å². The molecule has 0 aromatic rings. The van der Waals surface area contributed by atoms with Crippen molar-refractivity contribution in [3.63, 3.8) is 0 Å². The number of unbranched alkanes of at least 4 members (excludes halogenated alkanes) is 4. The molecule has 2 atom stereocenters. The van der Waals surface area contributed by atoms with Gasteiger partial charge in [-0.2, -0.15) is 0 Å². The Morgan fingerprint density at radius 1 is 0.533 bits per heavy atom. The molecule has 0 spiro atoms. The molecule has 0 fully saturated rings. The number of carboxylic acids is 4. The summed E-state index contributed by atoms with van der Waals surface area (Å²) in [6.45, 7) is 7.40. The predicted molar refractivity (Wildman–Crippen MR) is 170 cm³/mol. The van der Waals surface area contributed by atoms with Crippen LogP contribution in [0.2, 0.25) is 0 Å². The molecule has 0 saturated carbocycles. The van der Waals surface area contributed by atoms with Gasteiger partial charge < -0.3 is 49.2 Å². The van der Waals surface area contributed by atoms with Gasteiger partial charge in [0.05, 0.1) is 65.3 Å². The zero-order valence-corrected chi connectivity index (χ0v) is 29.9. The van der Waals surface area contributed by atoms with Crippen molar-refractivity contribution in [2.24, 2.45) is 0 Å². The van der Waals surface area contributed by atoms with Crippen molar-refractivity contribution < 1.29 is 58.8 Å². The van der Waals surface area contributed by atoms with Crippen molar-refractivity contribution in [3.05, 3.63) is 24.3 Å². The molecule has 0 aliphatic heterocycles. The topological polar surface area (TPSA) is 195 Å². The minimum absolute atomic E-state index is 0. The number of hydrogen-bond donors (Lipinski definition) is 4. The largest absolute Gasteiger partial charge is 2.00 e. The van der Waals surface area contributed by atoms with Crippen molar-refractivity contribution in [2.45, 2.75) is 90.9 Å². The molecule has 0 saturated heterocycles. The molecule has 256 valence electrons. The van der Waals surface area contributed by atoms with Crippen LogP contribution in [0.4, 0.5) is 0 Å². The van der Waals surface area contributed by atoms with Crippen molar-refractivity contribution >= 4 is 61.6 Å². The summed E-state index contributed by atoms with van der Waals surface area (Å²) in [5.74, 6) is -4.09. The van der Waals surface area contributed by atoms with E-state index in [1.165, 1.54) is 0 Å². The number of hydrogen-bond acceptors (Lipinski definition) is 8. The van der Waals surface area contributed by atoms with E-state index in [1.807, 2.05) is 0 Å². The maximum Gasteiger partial charge on any atom is 2.00 e. The summed E-state index contributed by atoms with van der Waals surface area (Å²) >= 11 is 0. The van der Waals surface area contributed by atoms with Gasteiger partial charge in [0.15, 0.2) is 0 Å². The van der Waals surface area contributed by atoms with Gasteiger partial charge in [-0.05, 0) is 25.7 Å². The summed E-state index contributed by atoms with van der Waals surface area (Å²) in [5.41, 5.74) is 0. The number of aliphatic carboxylic acids is 4. The standard InChI is InChI=1S/2C16H29NO5.Ca/c2*1-2-3-4-5-6-7-10-17(13-14-18,11-8-15(19)20)12-9-16(21)22;/h2*4-5,18H,2-3,6-14H2,1H3,(H-,19,20,21,22);/q;;+2/b2*5-4+;. The van der Waals surface area contributed by atoms with E-state index in [9.17, 15) is 39.6 Å². The summed E-state index contributed by atoms with van der Waals surface area (Å²) in [6, 6.07) is 0. The summed E-state index contributed by atoms with van der Waals surface area (Å²) in [5, 5.41) is 57.7. The van der Waals surface area contributed by atoms with Gasteiger partial charge in [-0.25, -0.2) is 0 Å². The van der Waals surface area contributed by atoms with Crippen molar-refractivity contribution in [1.82, 2.24) is 0 Å². The van der Waals surface area contributed by atoms with Gasteiger partial charge in [0.25, 0.3) is 0 Å². The molecule has 0 aromatic carbocycles. The first-order valence-electron chi connectivity index (χ1n) is 16.0. The number of quaternary nitrogens is 2. The first-order valence-corrected chi connectivity index (χ1v) is 16.0. The number of carboxylic acid groups (broad SMARTS) is 4. The molecule has 0 rings (SSSR count). The van der Waals surface area contributed by atoms with E-state index in [4.69, 9.17) is 10.2 Å². The van der Waals surface area contributed by atoms with Gasteiger partial charge in [-0.3, -0.25) is 9.59 Å². The fourth-order valence-electron chi connectivity index (χ4n) is 4.98. The molecular formula is C32H58CaN2O10+2. The van der Waals surface area contributed by atoms with E-state index < -0.39 is 23.9 Å². The van der Waals surface area contributed by atoms with Crippen LogP contribution in [0.5, 0.6) is 0 Å². The second-order valence-corrected chi connectivity index (χ2v) is 11.3. The molecule has 0 aliphatic rings. The third-order valence-electron chi connectivity index (χ3n) is 7.58. The average Bonchev–Trinajstić information content (AvgIpc) is 2.96. The molecule has 0 bridgehead atoms. The minimum Gasteiger partial charge on any atom is -0.550 e. The van der Waals surface area contributed by atoms with E-state index in [2.05, 4.69) is 38.2 Å². The number of aliphatic hydroxyl groups is 2. The van der Waals surface area contributed by atoms with E-state index >= 15 is 0 Å². The maximum absolute atomic E-state index is 10.8. The summed E-state index contributed by atoms with van der Waals surface area (Å²) < 4.78 is 0.636. The van der Waals surface area contributed by atoms with Crippen molar-refractivity contribution in [2.75, 3.05) is 65.6 Å². The summed E-state index contributed by atoms with van der Waals surface area (Å²) in [7, 11) is 0. The molecule has 0 radical (unpaired) electrons. The van der Waals surface area contributed by atoms with Gasteiger partial charge in [0, 0.05) is 37.6 Å². The Hall–Kier alpha value is -1.54. The molecule has 0 heterocycles. The average molecular weight is 671 g/mol. The number of rotatable bonds is 28. The molecule has 45 heavy (non-hydrogen) atoms. The van der Waals surface area contributed by atoms with Crippen LogP contribution in [0.25, 0.3) is 0 Å². The minimum atomic E-state index is -1.14. The van der Waals surface area contributed by atoms with Gasteiger partial charge in [0.2, 0.25) is 0 Å². The summed E-state index contributed by atoms with van der Waals surface area (Å²) in [6.07, 6.45) is 15.9. The second kappa shape index (κ2) is 31.1.